The average molecular weight is 441 g/mol. The smallest absolute Gasteiger partial charge is 0.255 e. The van der Waals surface area contributed by atoms with Gasteiger partial charge in [-0.25, -0.2) is 0 Å². The number of nitrogens with zero attached hydrogens (tertiary/aromatic N) is 3. The van der Waals surface area contributed by atoms with Crippen molar-refractivity contribution < 1.29 is 14.4 Å². The van der Waals surface area contributed by atoms with Gasteiger partial charge < -0.3 is 15.1 Å². The Balaban J connectivity index is 2.32. The molecule has 1 aromatic carbocycles. The van der Waals surface area contributed by atoms with E-state index in [0.717, 1.165) is 36.5 Å². The molecular weight excluding hydrogens is 416 g/mol. The first kappa shape index (κ1) is 23.9. The lowest BCUT2D eigenvalue weighted by Crippen LogP contribution is -2.29. The van der Waals surface area contributed by atoms with E-state index in [1.165, 1.54) is 11.6 Å². The van der Waals surface area contributed by atoms with Gasteiger partial charge in [-0.1, -0.05) is 23.3 Å². The maximum atomic E-state index is 12.8. The van der Waals surface area contributed by atoms with Crippen molar-refractivity contribution in [2.75, 3.05) is 32.5 Å². The minimum Gasteiger partial charge on any atom is -0.369 e. The number of rotatable bonds is 7. The summed E-state index contributed by atoms with van der Waals surface area (Å²) in [5, 5.41) is 12.5. The highest BCUT2D eigenvalue weighted by atomic mass is 35.5. The topological polar surface area (TPSA) is 93.5 Å². The van der Waals surface area contributed by atoms with Gasteiger partial charge in [-0.2, -0.15) is 5.26 Å². The third-order valence-corrected chi connectivity index (χ3v) is 5.23. The van der Waals surface area contributed by atoms with E-state index < -0.39 is 5.91 Å². The molecule has 0 aliphatic carbocycles. The number of allylic oxidation sites excluding steroid dienone is 2. The first-order chi connectivity index (χ1) is 14.8. The van der Waals surface area contributed by atoms with Crippen molar-refractivity contribution in [3.05, 3.63) is 57.3 Å². The number of piperidine rings is 1. The Labute approximate surface area is 187 Å². The Kier molecular flexibility index (Phi) is 8.59. The van der Waals surface area contributed by atoms with Crippen LogP contribution in [0.4, 0.5) is 5.69 Å². The van der Waals surface area contributed by atoms with E-state index in [4.69, 9.17) is 11.6 Å². The van der Waals surface area contributed by atoms with Crippen molar-refractivity contribution in [3.8, 4) is 6.07 Å². The SMILES string of the molecule is Cc1c(C=C2CCN(C=O)CC2)cc(Cl)cc1NC(=O)C(/C=C(/C#N)N(C)C)=C/C=O. The number of hydrogen-bond donors (Lipinski definition) is 1. The lowest BCUT2D eigenvalue weighted by atomic mass is 9.98. The summed E-state index contributed by atoms with van der Waals surface area (Å²) < 4.78 is 0. The largest absolute Gasteiger partial charge is 0.369 e. The van der Waals surface area contributed by atoms with Crippen LogP contribution in [-0.2, 0) is 14.4 Å². The molecule has 2 amide bonds. The van der Waals surface area contributed by atoms with Crippen LogP contribution in [0.5, 0.6) is 0 Å². The maximum absolute atomic E-state index is 12.8. The normalized spacial score (nSPS) is 14.5. The number of benzene rings is 1. The molecule has 0 atom stereocenters. The van der Waals surface area contributed by atoms with Gasteiger partial charge in [-0.3, -0.25) is 14.4 Å². The summed E-state index contributed by atoms with van der Waals surface area (Å²) in [6, 6.07) is 5.46. The van der Waals surface area contributed by atoms with Crippen LogP contribution in [0.3, 0.4) is 0 Å². The Bertz CT molecular complexity index is 993. The quantitative estimate of drug-likeness (QED) is 0.304. The summed E-state index contributed by atoms with van der Waals surface area (Å²) in [7, 11) is 3.35. The van der Waals surface area contributed by atoms with E-state index in [1.54, 1.807) is 30.0 Å². The molecule has 1 aliphatic rings. The fourth-order valence-corrected chi connectivity index (χ4v) is 3.35. The molecule has 0 unspecified atom stereocenters. The van der Waals surface area contributed by atoms with Crippen molar-refractivity contribution in [3.63, 3.8) is 0 Å². The number of likely N-dealkylation sites (tertiary alicyclic amines) is 1. The molecule has 1 aromatic rings. The van der Waals surface area contributed by atoms with E-state index >= 15 is 0 Å². The highest BCUT2D eigenvalue weighted by Crippen LogP contribution is 2.29. The third-order valence-electron chi connectivity index (χ3n) is 5.01. The molecule has 0 radical (unpaired) electrons. The molecular formula is C23H25ClN4O3. The number of anilines is 1. The number of nitriles is 1. The third kappa shape index (κ3) is 6.56. The number of nitrogens with one attached hydrogen (secondary N) is 1. The Morgan fingerprint density at radius 2 is 1.94 bits per heavy atom. The summed E-state index contributed by atoms with van der Waals surface area (Å²) in [5.74, 6) is -0.523. The summed E-state index contributed by atoms with van der Waals surface area (Å²) >= 11 is 6.29. The lowest BCUT2D eigenvalue weighted by Gasteiger charge is -2.24. The van der Waals surface area contributed by atoms with Gasteiger partial charge in [-0.15, -0.1) is 0 Å². The zero-order valence-electron chi connectivity index (χ0n) is 17.8. The summed E-state index contributed by atoms with van der Waals surface area (Å²) in [6.07, 6.45) is 7.44. The molecule has 1 aliphatic heterocycles. The van der Waals surface area contributed by atoms with Crippen molar-refractivity contribution in [1.82, 2.24) is 9.80 Å². The maximum Gasteiger partial charge on any atom is 0.255 e. The number of carbonyl (C=O) groups excluding carboxylic acids is 3. The zero-order valence-corrected chi connectivity index (χ0v) is 18.6. The van der Waals surface area contributed by atoms with Crippen LogP contribution >= 0.6 is 11.6 Å². The monoisotopic (exact) mass is 440 g/mol. The molecule has 1 fully saturated rings. The second-order valence-electron chi connectivity index (χ2n) is 7.36. The van der Waals surface area contributed by atoms with Crippen LogP contribution in [0.15, 0.2) is 41.1 Å². The molecule has 1 N–H and O–H groups in total. The van der Waals surface area contributed by atoms with Gasteiger partial charge in [0.05, 0.1) is 0 Å². The molecule has 0 spiro atoms. The highest BCUT2D eigenvalue weighted by Gasteiger charge is 2.15. The van der Waals surface area contributed by atoms with Gasteiger partial charge >= 0.3 is 0 Å². The number of aldehydes is 1. The van der Waals surface area contributed by atoms with Gasteiger partial charge in [0.1, 0.15) is 18.1 Å². The minimum absolute atomic E-state index is 0.0563. The molecule has 31 heavy (non-hydrogen) atoms. The molecule has 1 saturated heterocycles. The molecule has 1 heterocycles. The first-order valence-electron chi connectivity index (χ1n) is 9.74. The Hall–Kier alpha value is -3.37. The molecule has 2 rings (SSSR count). The second kappa shape index (κ2) is 11.1. The van der Waals surface area contributed by atoms with E-state index in [2.05, 4.69) is 5.32 Å². The van der Waals surface area contributed by atoms with E-state index in [1.807, 2.05) is 25.1 Å². The van der Waals surface area contributed by atoms with Crippen LogP contribution in [-0.4, -0.2) is 55.6 Å². The van der Waals surface area contributed by atoms with Gasteiger partial charge in [-0.05, 0) is 55.2 Å². The van der Waals surface area contributed by atoms with Gasteiger partial charge in [0.2, 0.25) is 6.41 Å². The van der Waals surface area contributed by atoms with Crippen LogP contribution in [0.25, 0.3) is 6.08 Å². The molecule has 162 valence electrons. The van der Waals surface area contributed by atoms with Crippen LogP contribution < -0.4 is 5.32 Å². The predicted octanol–water partition coefficient (Wildman–Crippen LogP) is 3.32. The van der Waals surface area contributed by atoms with Crippen molar-refractivity contribution >= 4 is 42.0 Å². The minimum atomic E-state index is -0.523. The first-order valence-corrected chi connectivity index (χ1v) is 10.1. The fraction of sp³-hybridized carbons (Fsp3) is 0.304. The summed E-state index contributed by atoms with van der Waals surface area (Å²) in [6.45, 7) is 3.23. The molecule has 8 heteroatoms. The average Bonchev–Trinajstić information content (AvgIpc) is 2.74. The number of hydrogen-bond acceptors (Lipinski definition) is 5. The standard InChI is InChI=1S/C23H25ClN4O3/c1-16-19(10-17-4-7-28(15-30)8-5-17)11-20(24)13-22(16)26-23(31)18(6-9-29)12-21(14-25)27(2)3/h6,9-13,15H,4-5,7-8H2,1-3H3,(H,26,31)/b18-6+,21-12-. The van der Waals surface area contributed by atoms with E-state index in [-0.39, 0.29) is 11.3 Å². The fourth-order valence-electron chi connectivity index (χ4n) is 3.13. The van der Waals surface area contributed by atoms with Crippen molar-refractivity contribution in [1.29, 1.82) is 5.26 Å². The Morgan fingerprint density at radius 1 is 1.26 bits per heavy atom. The second-order valence-corrected chi connectivity index (χ2v) is 7.80. The molecule has 0 saturated carbocycles. The van der Waals surface area contributed by atoms with Crippen molar-refractivity contribution in [2.24, 2.45) is 0 Å². The number of carbonyl (C=O) groups is 3. The van der Waals surface area contributed by atoms with E-state index in [0.29, 0.717) is 30.1 Å². The zero-order chi connectivity index (χ0) is 23.0. The van der Waals surface area contributed by atoms with Crippen LogP contribution in [0.2, 0.25) is 5.02 Å². The van der Waals surface area contributed by atoms with Crippen LogP contribution in [0, 0.1) is 18.3 Å². The molecule has 0 aromatic heterocycles. The van der Waals surface area contributed by atoms with Gasteiger partial charge in [0.15, 0.2) is 0 Å². The highest BCUT2D eigenvalue weighted by molar-refractivity contribution is 6.31. The van der Waals surface area contributed by atoms with Crippen molar-refractivity contribution in [2.45, 2.75) is 19.8 Å². The van der Waals surface area contributed by atoms with E-state index in [9.17, 15) is 19.6 Å². The lowest BCUT2D eigenvalue weighted by molar-refractivity contribution is -0.118. The van der Waals surface area contributed by atoms with Crippen LogP contribution in [0.1, 0.15) is 24.0 Å². The molecule has 7 nitrogen and oxygen atoms in total. The number of amides is 2. The summed E-state index contributed by atoms with van der Waals surface area (Å²) in [4.78, 5) is 38.0. The van der Waals surface area contributed by atoms with Gasteiger partial charge in [0, 0.05) is 43.5 Å². The molecule has 0 bridgehead atoms. The summed E-state index contributed by atoms with van der Waals surface area (Å²) in [5.41, 5.74) is 3.71. The van der Waals surface area contributed by atoms with Gasteiger partial charge in [0.25, 0.3) is 5.91 Å². The predicted molar refractivity (Wildman–Crippen MR) is 121 cm³/mol. The number of halogens is 1. The Morgan fingerprint density at radius 3 is 2.48 bits per heavy atom.